The van der Waals surface area contributed by atoms with Crippen molar-refractivity contribution in [1.29, 1.82) is 0 Å². The molecule has 3 amide bonds. The summed E-state index contributed by atoms with van der Waals surface area (Å²) in [4.78, 5) is 38.6. The zero-order chi connectivity index (χ0) is 19.9. The van der Waals surface area contributed by atoms with Crippen LogP contribution in [0.2, 0.25) is 0 Å². The van der Waals surface area contributed by atoms with Crippen LogP contribution in [0.4, 0.5) is 5.69 Å². The summed E-state index contributed by atoms with van der Waals surface area (Å²) in [7, 11) is 0. The summed E-state index contributed by atoms with van der Waals surface area (Å²) in [5, 5.41) is 5.57. The second-order valence-electron chi connectivity index (χ2n) is 7.00. The van der Waals surface area contributed by atoms with Crippen LogP contribution in [-0.4, -0.2) is 36.9 Å². The third-order valence-corrected chi connectivity index (χ3v) is 4.87. The van der Waals surface area contributed by atoms with E-state index in [1.165, 1.54) is 0 Å². The van der Waals surface area contributed by atoms with Gasteiger partial charge in [-0.2, -0.15) is 0 Å². The lowest BCUT2D eigenvalue weighted by atomic mass is 10.1. The van der Waals surface area contributed by atoms with E-state index in [1.807, 2.05) is 60.7 Å². The third-order valence-electron chi connectivity index (χ3n) is 4.87. The van der Waals surface area contributed by atoms with Crippen LogP contribution in [-0.2, 0) is 20.8 Å². The molecule has 2 atom stereocenters. The molecular weight excluding hydrogens is 354 g/mol. The Kier molecular flexibility index (Phi) is 6.42. The van der Waals surface area contributed by atoms with E-state index in [2.05, 4.69) is 10.6 Å². The minimum Gasteiger partial charge on any atom is -0.354 e. The monoisotopic (exact) mass is 379 g/mol. The van der Waals surface area contributed by atoms with Crippen molar-refractivity contribution >= 4 is 23.4 Å². The van der Waals surface area contributed by atoms with E-state index in [9.17, 15) is 14.4 Å². The number of anilines is 1. The number of hydrogen-bond donors (Lipinski definition) is 2. The van der Waals surface area contributed by atoms with Crippen LogP contribution in [0.15, 0.2) is 60.7 Å². The van der Waals surface area contributed by atoms with Crippen LogP contribution < -0.4 is 15.5 Å². The minimum absolute atomic E-state index is 0.0775. The molecule has 0 aliphatic carbocycles. The molecule has 2 aromatic carbocycles. The van der Waals surface area contributed by atoms with E-state index in [-0.39, 0.29) is 24.1 Å². The molecule has 0 aromatic heterocycles. The first-order valence-corrected chi connectivity index (χ1v) is 9.52. The normalized spacial score (nSPS) is 17.2. The van der Waals surface area contributed by atoms with Crippen molar-refractivity contribution in [2.45, 2.75) is 25.8 Å². The van der Waals surface area contributed by atoms with Crippen LogP contribution in [0, 0.1) is 5.92 Å². The smallest absolute Gasteiger partial charge is 0.242 e. The van der Waals surface area contributed by atoms with E-state index in [4.69, 9.17) is 0 Å². The summed E-state index contributed by atoms with van der Waals surface area (Å²) in [6.45, 7) is 2.49. The fraction of sp³-hybridized carbons (Fsp3) is 0.318. The highest BCUT2D eigenvalue weighted by Crippen LogP contribution is 2.24. The molecule has 2 aromatic rings. The Morgan fingerprint density at radius 1 is 1.07 bits per heavy atom. The van der Waals surface area contributed by atoms with Crippen molar-refractivity contribution in [3.8, 4) is 0 Å². The SMILES string of the molecule is C[C@H](NC(=O)[C@H]1CC(=O)N(c2ccccc2)C1)C(=O)NCCc1ccccc1. The zero-order valence-corrected chi connectivity index (χ0v) is 15.9. The van der Waals surface area contributed by atoms with Gasteiger partial charge >= 0.3 is 0 Å². The highest BCUT2D eigenvalue weighted by atomic mass is 16.2. The molecule has 0 radical (unpaired) electrons. The van der Waals surface area contributed by atoms with Gasteiger partial charge in [0, 0.05) is 25.2 Å². The number of benzene rings is 2. The minimum atomic E-state index is -0.649. The fourth-order valence-corrected chi connectivity index (χ4v) is 3.27. The van der Waals surface area contributed by atoms with Gasteiger partial charge in [0.1, 0.15) is 6.04 Å². The average Bonchev–Trinajstić information content (AvgIpc) is 3.11. The topological polar surface area (TPSA) is 78.5 Å². The van der Waals surface area contributed by atoms with Crippen molar-refractivity contribution in [2.75, 3.05) is 18.0 Å². The van der Waals surface area contributed by atoms with Gasteiger partial charge in [-0.05, 0) is 31.0 Å². The van der Waals surface area contributed by atoms with Crippen LogP contribution in [0.25, 0.3) is 0 Å². The molecule has 1 heterocycles. The molecule has 0 spiro atoms. The van der Waals surface area contributed by atoms with E-state index >= 15 is 0 Å². The molecule has 6 nitrogen and oxygen atoms in total. The van der Waals surface area contributed by atoms with Crippen LogP contribution in [0.1, 0.15) is 18.9 Å². The number of carbonyl (C=O) groups is 3. The predicted molar refractivity (Wildman–Crippen MR) is 108 cm³/mol. The lowest BCUT2D eigenvalue weighted by molar-refractivity contribution is -0.130. The number of carbonyl (C=O) groups excluding carboxylic acids is 3. The Bertz CT molecular complexity index is 823. The Balaban J connectivity index is 1.46. The summed E-state index contributed by atoms with van der Waals surface area (Å²) in [6.07, 6.45) is 0.888. The number of para-hydroxylation sites is 1. The molecule has 1 aliphatic heterocycles. The molecule has 0 saturated carbocycles. The van der Waals surface area contributed by atoms with Gasteiger partial charge in [-0.1, -0.05) is 48.5 Å². The molecule has 6 heteroatoms. The van der Waals surface area contributed by atoms with E-state index < -0.39 is 12.0 Å². The van der Waals surface area contributed by atoms with Gasteiger partial charge in [0.15, 0.2) is 0 Å². The molecule has 3 rings (SSSR count). The molecule has 0 bridgehead atoms. The summed E-state index contributed by atoms with van der Waals surface area (Å²) in [6, 6.07) is 18.5. The summed E-state index contributed by atoms with van der Waals surface area (Å²) >= 11 is 0. The van der Waals surface area contributed by atoms with Crippen molar-refractivity contribution in [3.05, 3.63) is 66.2 Å². The maximum Gasteiger partial charge on any atom is 0.242 e. The van der Waals surface area contributed by atoms with Gasteiger partial charge in [0.25, 0.3) is 0 Å². The molecule has 2 N–H and O–H groups in total. The molecule has 0 unspecified atom stereocenters. The highest BCUT2D eigenvalue weighted by molar-refractivity contribution is 6.01. The summed E-state index contributed by atoms with van der Waals surface area (Å²) in [5.41, 5.74) is 1.93. The van der Waals surface area contributed by atoms with Crippen LogP contribution >= 0.6 is 0 Å². The molecule has 28 heavy (non-hydrogen) atoms. The Morgan fingerprint density at radius 2 is 1.71 bits per heavy atom. The van der Waals surface area contributed by atoms with Crippen LogP contribution in [0.5, 0.6) is 0 Å². The lowest BCUT2D eigenvalue weighted by Crippen LogP contribution is -2.47. The number of amides is 3. The number of rotatable bonds is 7. The average molecular weight is 379 g/mol. The fourth-order valence-electron chi connectivity index (χ4n) is 3.27. The highest BCUT2D eigenvalue weighted by Gasteiger charge is 2.35. The Hall–Kier alpha value is -3.15. The first kappa shape index (κ1) is 19.6. The molecular formula is C22H25N3O3. The van der Waals surface area contributed by atoms with Crippen LogP contribution in [0.3, 0.4) is 0 Å². The molecule has 1 saturated heterocycles. The van der Waals surface area contributed by atoms with Crippen molar-refractivity contribution < 1.29 is 14.4 Å². The molecule has 1 aliphatic rings. The first-order chi connectivity index (χ1) is 13.5. The predicted octanol–water partition coefficient (Wildman–Crippen LogP) is 1.90. The second kappa shape index (κ2) is 9.17. The summed E-state index contributed by atoms with van der Waals surface area (Å²) < 4.78 is 0. The maximum atomic E-state index is 12.5. The Morgan fingerprint density at radius 3 is 2.39 bits per heavy atom. The van der Waals surface area contributed by atoms with E-state index in [1.54, 1.807) is 11.8 Å². The maximum absolute atomic E-state index is 12.5. The number of nitrogens with one attached hydrogen (secondary N) is 2. The van der Waals surface area contributed by atoms with Gasteiger partial charge < -0.3 is 15.5 Å². The molecule has 146 valence electrons. The van der Waals surface area contributed by atoms with Crippen molar-refractivity contribution in [2.24, 2.45) is 5.92 Å². The summed E-state index contributed by atoms with van der Waals surface area (Å²) in [5.74, 6) is -1.02. The third kappa shape index (κ3) is 4.97. The lowest BCUT2D eigenvalue weighted by Gasteiger charge is -2.18. The van der Waals surface area contributed by atoms with Gasteiger partial charge in [-0.25, -0.2) is 0 Å². The quantitative estimate of drug-likeness (QED) is 0.771. The Labute approximate surface area is 164 Å². The van der Waals surface area contributed by atoms with E-state index in [0.29, 0.717) is 13.1 Å². The van der Waals surface area contributed by atoms with Crippen molar-refractivity contribution in [1.82, 2.24) is 10.6 Å². The van der Waals surface area contributed by atoms with Gasteiger partial charge in [-0.3, -0.25) is 14.4 Å². The van der Waals surface area contributed by atoms with Crippen molar-refractivity contribution in [3.63, 3.8) is 0 Å². The molecule has 1 fully saturated rings. The van der Waals surface area contributed by atoms with Gasteiger partial charge in [0.2, 0.25) is 17.7 Å². The van der Waals surface area contributed by atoms with Gasteiger partial charge in [-0.15, -0.1) is 0 Å². The number of nitrogens with zero attached hydrogens (tertiary/aromatic N) is 1. The first-order valence-electron chi connectivity index (χ1n) is 9.52. The second-order valence-corrected chi connectivity index (χ2v) is 7.00. The van der Waals surface area contributed by atoms with Gasteiger partial charge in [0.05, 0.1) is 5.92 Å². The van der Waals surface area contributed by atoms with E-state index in [0.717, 1.165) is 17.7 Å². The zero-order valence-electron chi connectivity index (χ0n) is 15.9. The number of hydrogen-bond acceptors (Lipinski definition) is 3. The largest absolute Gasteiger partial charge is 0.354 e. The standard InChI is InChI=1S/C22H25N3O3/c1-16(21(27)23-13-12-17-8-4-2-5-9-17)24-22(28)18-14-20(26)25(15-18)19-10-6-3-7-11-19/h2-11,16,18H,12-15H2,1H3,(H,23,27)(H,24,28)/t16-,18-/m0/s1.